The van der Waals surface area contributed by atoms with E-state index >= 15 is 0 Å². The molecule has 0 aliphatic heterocycles. The van der Waals surface area contributed by atoms with E-state index in [-0.39, 0.29) is 24.8 Å². The third-order valence-corrected chi connectivity index (χ3v) is 6.67. The van der Waals surface area contributed by atoms with E-state index in [2.05, 4.69) is 64.2 Å². The zero-order valence-electron chi connectivity index (χ0n) is 17.2. The Morgan fingerprint density at radius 3 is 2.69 bits per heavy atom. The summed E-state index contributed by atoms with van der Waals surface area (Å²) < 4.78 is 1.01. The van der Waals surface area contributed by atoms with Gasteiger partial charge in [0.25, 0.3) is 0 Å². The van der Waals surface area contributed by atoms with Gasteiger partial charge in [-0.2, -0.15) is 5.26 Å². The Morgan fingerprint density at radius 1 is 1.06 bits per heavy atom. The van der Waals surface area contributed by atoms with Crippen molar-refractivity contribution in [1.82, 2.24) is 15.6 Å². The number of nitriles is 1. The highest BCUT2D eigenvalue weighted by molar-refractivity contribution is 7.18. The molecule has 2 amide bonds. The summed E-state index contributed by atoms with van der Waals surface area (Å²) in [6, 6.07) is 22.8. The molecule has 6 nitrogen and oxygen atoms in total. The minimum Gasteiger partial charge on any atom is -0.347 e. The Kier molecular flexibility index (Phi) is 5.08. The molecule has 0 saturated heterocycles. The van der Waals surface area contributed by atoms with E-state index in [1.54, 1.807) is 0 Å². The molecule has 0 atom stereocenters. The van der Waals surface area contributed by atoms with E-state index in [9.17, 15) is 9.59 Å². The van der Waals surface area contributed by atoms with Crippen LogP contribution in [0.25, 0.3) is 32.1 Å². The van der Waals surface area contributed by atoms with Gasteiger partial charge in [0.2, 0.25) is 11.8 Å². The molecule has 1 fully saturated rings. The van der Waals surface area contributed by atoms with Crippen LogP contribution >= 0.6 is 11.3 Å². The molecule has 5 rings (SSSR count). The molecule has 7 heteroatoms. The average Bonchev–Trinajstić information content (AvgIpc) is 3.46. The second-order valence-electron chi connectivity index (χ2n) is 8.01. The first-order valence-electron chi connectivity index (χ1n) is 10.4. The maximum atomic E-state index is 12.3. The lowest BCUT2D eigenvalue weighted by Gasteiger charge is -2.09. The molecule has 0 unspecified atom stereocenters. The number of rotatable bonds is 6. The van der Waals surface area contributed by atoms with E-state index in [1.165, 1.54) is 22.1 Å². The van der Waals surface area contributed by atoms with Gasteiger partial charge < -0.3 is 10.6 Å². The number of benzene rings is 3. The van der Waals surface area contributed by atoms with Crippen LogP contribution in [0.1, 0.15) is 17.8 Å². The smallest absolute Gasteiger partial charge is 0.240 e. The van der Waals surface area contributed by atoms with Gasteiger partial charge in [0.05, 0.1) is 29.3 Å². The molecule has 0 bridgehead atoms. The highest BCUT2D eigenvalue weighted by Crippen LogP contribution is 2.34. The van der Waals surface area contributed by atoms with Gasteiger partial charge in [-0.05, 0) is 46.9 Å². The lowest BCUT2D eigenvalue weighted by Crippen LogP contribution is -2.43. The second kappa shape index (κ2) is 8.06. The highest BCUT2D eigenvalue weighted by atomic mass is 32.1. The lowest BCUT2D eigenvalue weighted by atomic mass is 9.98. The van der Waals surface area contributed by atoms with Crippen molar-refractivity contribution in [2.45, 2.75) is 24.8 Å². The maximum Gasteiger partial charge on any atom is 0.240 e. The summed E-state index contributed by atoms with van der Waals surface area (Å²) in [5, 5.41) is 17.4. The molecular formula is C25H20N4O2S. The zero-order valence-corrected chi connectivity index (χ0v) is 18.0. The number of carbonyl (C=O) groups excluding carboxylic acids is 2. The van der Waals surface area contributed by atoms with E-state index in [0.29, 0.717) is 17.8 Å². The Hall–Kier alpha value is -3.76. The fourth-order valence-corrected chi connectivity index (χ4v) is 4.72. The standard InChI is InChI=1S/C25H20N4O2S/c26-15-25(10-11-25)29-23(31)14-27-22(30)13-24-28-20-12-17(8-9-21(20)32-24)19-7-3-5-16-4-1-2-6-18(16)19/h1-9,12H,10-11,13-14H2,(H,27,30)(H,29,31). The molecule has 1 aliphatic carbocycles. The van der Waals surface area contributed by atoms with E-state index in [4.69, 9.17) is 5.26 Å². The number of fused-ring (bicyclic) bond motifs is 2. The van der Waals surface area contributed by atoms with Gasteiger partial charge in [-0.15, -0.1) is 11.3 Å². The van der Waals surface area contributed by atoms with Crippen molar-refractivity contribution in [3.05, 3.63) is 65.7 Å². The third kappa shape index (κ3) is 4.05. The van der Waals surface area contributed by atoms with Crippen LogP contribution in [0.3, 0.4) is 0 Å². The Labute approximate surface area is 188 Å². The van der Waals surface area contributed by atoms with Crippen LogP contribution in [-0.4, -0.2) is 28.9 Å². The topological polar surface area (TPSA) is 94.9 Å². The van der Waals surface area contributed by atoms with Gasteiger partial charge in [-0.25, -0.2) is 4.98 Å². The molecule has 1 aromatic heterocycles. The number of hydrogen-bond acceptors (Lipinski definition) is 5. The first-order chi connectivity index (χ1) is 15.5. The summed E-state index contributed by atoms with van der Waals surface area (Å²) >= 11 is 1.48. The Balaban J connectivity index is 1.28. The molecule has 0 spiro atoms. The van der Waals surface area contributed by atoms with Crippen molar-refractivity contribution in [3.8, 4) is 17.2 Å². The van der Waals surface area contributed by atoms with E-state index < -0.39 is 5.54 Å². The predicted molar refractivity (Wildman–Crippen MR) is 125 cm³/mol. The number of thiazole rings is 1. The van der Waals surface area contributed by atoms with E-state index in [1.807, 2.05) is 18.2 Å². The Bertz CT molecular complexity index is 1390. The molecule has 32 heavy (non-hydrogen) atoms. The molecule has 158 valence electrons. The van der Waals surface area contributed by atoms with Gasteiger partial charge in [0.15, 0.2) is 0 Å². The van der Waals surface area contributed by atoms with Crippen molar-refractivity contribution in [3.63, 3.8) is 0 Å². The van der Waals surface area contributed by atoms with Crippen molar-refractivity contribution in [1.29, 1.82) is 5.26 Å². The molecule has 3 aromatic carbocycles. The van der Waals surface area contributed by atoms with Crippen LogP contribution in [0.15, 0.2) is 60.7 Å². The number of amides is 2. The summed E-state index contributed by atoms with van der Waals surface area (Å²) in [6.07, 6.45) is 1.44. The molecule has 4 aromatic rings. The molecule has 1 heterocycles. The lowest BCUT2D eigenvalue weighted by molar-refractivity contribution is -0.126. The van der Waals surface area contributed by atoms with Crippen molar-refractivity contribution >= 4 is 44.1 Å². The SMILES string of the molecule is N#CC1(NC(=O)CNC(=O)Cc2nc3cc(-c4cccc5ccccc45)ccc3s2)CC1. The van der Waals surface area contributed by atoms with Crippen LogP contribution in [0, 0.1) is 11.3 Å². The summed E-state index contributed by atoms with van der Waals surface area (Å²) in [6.45, 7) is -0.140. The Morgan fingerprint density at radius 2 is 1.88 bits per heavy atom. The average molecular weight is 441 g/mol. The first-order valence-corrected chi connectivity index (χ1v) is 11.2. The number of aromatic nitrogens is 1. The van der Waals surface area contributed by atoms with E-state index in [0.717, 1.165) is 21.3 Å². The number of carbonyl (C=O) groups is 2. The van der Waals surface area contributed by atoms with Crippen LogP contribution in [0.4, 0.5) is 0 Å². The van der Waals surface area contributed by atoms with Crippen molar-refractivity contribution in [2.24, 2.45) is 0 Å². The third-order valence-electron chi connectivity index (χ3n) is 5.63. The minimum absolute atomic E-state index is 0.111. The van der Waals surface area contributed by atoms with Gasteiger partial charge in [0, 0.05) is 0 Å². The van der Waals surface area contributed by atoms with Crippen LogP contribution < -0.4 is 10.6 Å². The largest absolute Gasteiger partial charge is 0.347 e. The zero-order chi connectivity index (χ0) is 22.1. The minimum atomic E-state index is -0.726. The van der Waals surface area contributed by atoms with Crippen LogP contribution in [0.5, 0.6) is 0 Å². The highest BCUT2D eigenvalue weighted by Gasteiger charge is 2.44. The molecule has 2 N–H and O–H groups in total. The van der Waals surface area contributed by atoms with Gasteiger partial charge in [-0.1, -0.05) is 48.5 Å². The first kappa shape index (κ1) is 20.2. The summed E-state index contributed by atoms with van der Waals surface area (Å²) in [4.78, 5) is 28.9. The monoisotopic (exact) mass is 440 g/mol. The van der Waals surface area contributed by atoms with Gasteiger partial charge in [0.1, 0.15) is 10.5 Å². The molecule has 1 saturated carbocycles. The fourth-order valence-electron chi connectivity index (χ4n) is 3.77. The van der Waals surface area contributed by atoms with Crippen LogP contribution in [-0.2, 0) is 16.0 Å². The quantitative estimate of drug-likeness (QED) is 0.475. The molecule has 1 aliphatic rings. The van der Waals surface area contributed by atoms with Crippen LogP contribution in [0.2, 0.25) is 0 Å². The normalized spacial score (nSPS) is 14.1. The van der Waals surface area contributed by atoms with Gasteiger partial charge >= 0.3 is 0 Å². The predicted octanol–water partition coefficient (Wildman–Crippen LogP) is 3.95. The second-order valence-corrected chi connectivity index (χ2v) is 9.13. The fraction of sp³-hybridized carbons (Fsp3) is 0.200. The van der Waals surface area contributed by atoms with Gasteiger partial charge in [-0.3, -0.25) is 9.59 Å². The maximum absolute atomic E-state index is 12.3. The summed E-state index contributed by atoms with van der Waals surface area (Å²) in [7, 11) is 0. The van der Waals surface area contributed by atoms with Crippen molar-refractivity contribution in [2.75, 3.05) is 6.54 Å². The summed E-state index contributed by atoms with van der Waals surface area (Å²) in [5.41, 5.74) is 2.36. The van der Waals surface area contributed by atoms with Crippen molar-refractivity contribution < 1.29 is 9.59 Å². The number of hydrogen-bond donors (Lipinski definition) is 2. The summed E-state index contributed by atoms with van der Waals surface area (Å²) in [5.74, 6) is -0.614. The molecule has 0 radical (unpaired) electrons. The number of nitrogens with zero attached hydrogens (tertiary/aromatic N) is 2. The number of nitrogens with one attached hydrogen (secondary N) is 2. The molecular weight excluding hydrogens is 420 g/mol.